The van der Waals surface area contributed by atoms with Gasteiger partial charge >= 0.3 is 0 Å². The van der Waals surface area contributed by atoms with E-state index in [1.54, 1.807) is 0 Å². The number of benzene rings is 3. The molecule has 0 unspecified atom stereocenters. The molecule has 0 saturated carbocycles. The summed E-state index contributed by atoms with van der Waals surface area (Å²) in [5.41, 5.74) is 2.88. The Bertz CT molecular complexity index is 1180. The number of aryl methyl sites for hydroxylation is 1. The first-order valence-corrected chi connectivity index (χ1v) is 11.9. The number of hydrogen-bond acceptors (Lipinski definition) is 5. The van der Waals surface area contributed by atoms with Gasteiger partial charge in [-0.1, -0.05) is 60.2 Å². The Hall–Kier alpha value is -3.36. The monoisotopic (exact) mass is 468 g/mol. The minimum absolute atomic E-state index is 0.0236. The lowest BCUT2D eigenvalue weighted by Gasteiger charge is -2.19. The second-order valence-corrected chi connectivity index (χ2v) is 9.30. The molecule has 33 heavy (non-hydrogen) atoms. The van der Waals surface area contributed by atoms with E-state index in [1.807, 2.05) is 61.5 Å². The number of sulfonamides is 1. The predicted octanol–water partition coefficient (Wildman–Crippen LogP) is 3.22. The van der Waals surface area contributed by atoms with E-state index >= 15 is 0 Å². The first-order valence-electron chi connectivity index (χ1n) is 10.4. The van der Waals surface area contributed by atoms with Crippen LogP contribution in [0.4, 0.5) is 0 Å². The number of carbonyl (C=O) groups excluding carboxylic acids is 1. The number of ether oxygens (including phenoxy) is 2. The summed E-state index contributed by atoms with van der Waals surface area (Å²) < 4.78 is 39.2. The van der Waals surface area contributed by atoms with Gasteiger partial charge in [-0.2, -0.15) is 4.72 Å². The maximum absolute atomic E-state index is 13.1. The average Bonchev–Trinajstić information content (AvgIpc) is 2.83. The highest BCUT2D eigenvalue weighted by Gasteiger charge is 2.27. The third kappa shape index (κ3) is 6.57. The highest BCUT2D eigenvalue weighted by atomic mass is 32.2. The van der Waals surface area contributed by atoms with Crippen LogP contribution in [0.25, 0.3) is 0 Å². The summed E-state index contributed by atoms with van der Waals surface area (Å²) in [7, 11) is -1.12. The normalized spacial score (nSPS) is 12.1. The maximum Gasteiger partial charge on any atom is 0.241 e. The van der Waals surface area contributed by atoms with Crippen molar-refractivity contribution in [1.82, 2.24) is 10.0 Å². The summed E-state index contributed by atoms with van der Waals surface area (Å²) >= 11 is 0. The molecule has 3 aromatic carbocycles. The van der Waals surface area contributed by atoms with Gasteiger partial charge in [0.2, 0.25) is 15.9 Å². The van der Waals surface area contributed by atoms with Gasteiger partial charge in [-0.15, -0.1) is 0 Å². The Labute approximate surface area is 194 Å². The molecule has 174 valence electrons. The molecule has 0 bridgehead atoms. The summed E-state index contributed by atoms with van der Waals surface area (Å²) in [6, 6.07) is 20.3. The molecule has 0 aliphatic heterocycles. The van der Waals surface area contributed by atoms with Crippen molar-refractivity contribution >= 4 is 15.9 Å². The molecule has 0 spiro atoms. The number of amides is 1. The molecule has 8 heteroatoms. The van der Waals surface area contributed by atoms with Gasteiger partial charge in [-0.05, 0) is 36.6 Å². The number of hydrogen-bond donors (Lipinski definition) is 2. The molecule has 3 aromatic rings. The summed E-state index contributed by atoms with van der Waals surface area (Å²) in [6.45, 7) is 2.28. The summed E-state index contributed by atoms with van der Waals surface area (Å²) in [5.74, 6) is 0.278. The summed E-state index contributed by atoms with van der Waals surface area (Å²) in [6.07, 6.45) is 0.201. The van der Waals surface area contributed by atoms with Crippen LogP contribution in [0.3, 0.4) is 0 Å². The Kier molecular flexibility index (Phi) is 8.08. The molecule has 7 nitrogen and oxygen atoms in total. The fourth-order valence-electron chi connectivity index (χ4n) is 3.30. The first kappa shape index (κ1) is 24.3. The standard InChI is InChI=1S/C25H28N2O5S/c1-18-9-11-20(12-10-18)17-26-25(28)22(15-19-7-5-4-6-8-19)27-33(29,30)21-13-14-23(31-2)24(16-21)32-3/h4-14,16,22,27H,15,17H2,1-3H3,(H,26,28)/t22-/m0/s1. The highest BCUT2D eigenvalue weighted by Crippen LogP contribution is 2.29. The van der Waals surface area contributed by atoms with E-state index in [-0.39, 0.29) is 17.1 Å². The zero-order valence-corrected chi connectivity index (χ0v) is 19.7. The molecule has 0 saturated heterocycles. The molecule has 3 rings (SSSR count). The molecule has 0 aromatic heterocycles. The van der Waals surface area contributed by atoms with Crippen LogP contribution in [-0.4, -0.2) is 34.6 Å². The van der Waals surface area contributed by atoms with Crippen LogP contribution in [0.1, 0.15) is 16.7 Å². The van der Waals surface area contributed by atoms with E-state index in [2.05, 4.69) is 10.0 Å². The third-order valence-electron chi connectivity index (χ3n) is 5.15. The van der Waals surface area contributed by atoms with Crippen LogP contribution < -0.4 is 19.5 Å². The molecule has 1 atom stereocenters. The van der Waals surface area contributed by atoms with Crippen LogP contribution in [-0.2, 0) is 27.8 Å². The quantitative estimate of drug-likeness (QED) is 0.477. The fourth-order valence-corrected chi connectivity index (χ4v) is 4.51. The van der Waals surface area contributed by atoms with Gasteiger partial charge in [0.25, 0.3) is 0 Å². The molecule has 0 aliphatic carbocycles. The highest BCUT2D eigenvalue weighted by molar-refractivity contribution is 7.89. The van der Waals surface area contributed by atoms with Crippen molar-refractivity contribution in [3.63, 3.8) is 0 Å². The van der Waals surface area contributed by atoms with Crippen LogP contribution in [0.5, 0.6) is 11.5 Å². The topological polar surface area (TPSA) is 93.7 Å². The molecule has 0 fully saturated rings. The van der Waals surface area contributed by atoms with Crippen molar-refractivity contribution in [2.24, 2.45) is 0 Å². The van der Waals surface area contributed by atoms with Crippen molar-refractivity contribution in [1.29, 1.82) is 0 Å². The molecule has 2 N–H and O–H groups in total. The van der Waals surface area contributed by atoms with E-state index in [9.17, 15) is 13.2 Å². The van der Waals surface area contributed by atoms with Crippen LogP contribution in [0, 0.1) is 6.92 Å². The molecule has 1 amide bonds. The molecular weight excluding hydrogens is 440 g/mol. The number of carbonyl (C=O) groups is 1. The summed E-state index contributed by atoms with van der Waals surface area (Å²) in [4.78, 5) is 13.0. The molecule has 0 radical (unpaired) electrons. The van der Waals surface area contributed by atoms with Gasteiger partial charge in [-0.3, -0.25) is 4.79 Å². The molecular formula is C25H28N2O5S. The van der Waals surface area contributed by atoms with Crippen molar-refractivity contribution in [3.8, 4) is 11.5 Å². The van der Waals surface area contributed by atoms with Crippen LogP contribution >= 0.6 is 0 Å². The van der Waals surface area contributed by atoms with E-state index in [1.165, 1.54) is 32.4 Å². The Morgan fingerprint density at radius 3 is 2.18 bits per heavy atom. The van der Waals surface area contributed by atoms with Crippen LogP contribution in [0.2, 0.25) is 0 Å². The minimum Gasteiger partial charge on any atom is -0.493 e. The number of nitrogens with one attached hydrogen (secondary N) is 2. The smallest absolute Gasteiger partial charge is 0.241 e. The predicted molar refractivity (Wildman–Crippen MR) is 127 cm³/mol. The average molecular weight is 469 g/mol. The second-order valence-electron chi connectivity index (χ2n) is 7.58. The number of rotatable bonds is 10. The Balaban J connectivity index is 1.82. The number of methoxy groups -OCH3 is 2. The van der Waals surface area contributed by atoms with Crippen molar-refractivity contribution in [2.45, 2.75) is 30.8 Å². The van der Waals surface area contributed by atoms with Gasteiger partial charge < -0.3 is 14.8 Å². The van der Waals surface area contributed by atoms with Gasteiger partial charge in [0.05, 0.1) is 19.1 Å². The van der Waals surface area contributed by atoms with Crippen molar-refractivity contribution in [3.05, 3.63) is 89.5 Å². The van der Waals surface area contributed by atoms with Gasteiger partial charge in [0.1, 0.15) is 6.04 Å². The largest absolute Gasteiger partial charge is 0.493 e. The van der Waals surface area contributed by atoms with Crippen molar-refractivity contribution < 1.29 is 22.7 Å². The van der Waals surface area contributed by atoms with E-state index in [0.717, 1.165) is 16.7 Å². The van der Waals surface area contributed by atoms with Gasteiger partial charge in [0, 0.05) is 12.6 Å². The maximum atomic E-state index is 13.1. The minimum atomic E-state index is -4.02. The van der Waals surface area contributed by atoms with Crippen molar-refractivity contribution in [2.75, 3.05) is 14.2 Å². The molecule has 0 aliphatic rings. The zero-order valence-electron chi connectivity index (χ0n) is 18.9. The fraction of sp³-hybridized carbons (Fsp3) is 0.240. The van der Waals surface area contributed by atoms with E-state index in [0.29, 0.717) is 12.3 Å². The lowest BCUT2D eigenvalue weighted by Crippen LogP contribution is -2.47. The zero-order chi connectivity index (χ0) is 23.8. The van der Waals surface area contributed by atoms with E-state index in [4.69, 9.17) is 9.47 Å². The van der Waals surface area contributed by atoms with Gasteiger partial charge in [-0.25, -0.2) is 8.42 Å². The first-order chi connectivity index (χ1) is 15.8. The Morgan fingerprint density at radius 1 is 0.879 bits per heavy atom. The summed E-state index contributed by atoms with van der Waals surface area (Å²) in [5, 5.41) is 2.84. The molecule has 0 heterocycles. The SMILES string of the molecule is COc1ccc(S(=O)(=O)N[C@@H](Cc2ccccc2)C(=O)NCc2ccc(C)cc2)cc1OC. The Morgan fingerprint density at radius 2 is 1.55 bits per heavy atom. The third-order valence-corrected chi connectivity index (χ3v) is 6.62. The van der Waals surface area contributed by atoms with Gasteiger partial charge in [0.15, 0.2) is 11.5 Å². The van der Waals surface area contributed by atoms with Crippen LogP contribution in [0.15, 0.2) is 77.7 Å². The lowest BCUT2D eigenvalue weighted by atomic mass is 10.1. The second kappa shape index (κ2) is 11.0. The lowest BCUT2D eigenvalue weighted by molar-refractivity contribution is -0.122. The van der Waals surface area contributed by atoms with E-state index < -0.39 is 22.0 Å².